The Morgan fingerprint density at radius 3 is 2.79 bits per heavy atom. The van der Waals surface area contributed by atoms with E-state index in [1.165, 1.54) is 35.5 Å². The molecule has 2 aromatic rings. The maximum Gasteiger partial charge on any atom is 0.0747 e. The van der Waals surface area contributed by atoms with Crippen molar-refractivity contribution in [2.24, 2.45) is 0 Å². The largest absolute Gasteiger partial charge is 0.297 e. The Kier molecular flexibility index (Phi) is 4.69. The van der Waals surface area contributed by atoms with Gasteiger partial charge in [-0.25, -0.2) is 0 Å². The Morgan fingerprint density at radius 2 is 2.00 bits per heavy atom. The minimum absolute atomic E-state index is 0.994. The predicted octanol–water partition coefficient (Wildman–Crippen LogP) is 4.19. The standard InChI is InChI=1S/C14H15BrN2S2/c15-13-8-11-2-1-3-16-14(11)12(9-13)10-17-4-6-18-19-7-5-17/h1-3,8-9H,4-7,10H2. The number of hydrogen-bond acceptors (Lipinski definition) is 4. The van der Waals surface area contributed by atoms with Gasteiger partial charge in [0.25, 0.3) is 0 Å². The molecule has 1 aromatic carbocycles. The number of rotatable bonds is 2. The molecule has 0 radical (unpaired) electrons. The molecule has 0 saturated carbocycles. The van der Waals surface area contributed by atoms with Crippen LogP contribution >= 0.6 is 37.5 Å². The van der Waals surface area contributed by atoms with Gasteiger partial charge < -0.3 is 0 Å². The van der Waals surface area contributed by atoms with Crippen LogP contribution in [0, 0.1) is 0 Å². The Labute approximate surface area is 129 Å². The van der Waals surface area contributed by atoms with Crippen LogP contribution in [0.15, 0.2) is 34.9 Å². The Bertz CT molecular complexity index is 568. The van der Waals surface area contributed by atoms with E-state index < -0.39 is 0 Å². The van der Waals surface area contributed by atoms with Crippen molar-refractivity contribution >= 4 is 48.4 Å². The molecule has 0 bridgehead atoms. The molecule has 2 heterocycles. The quantitative estimate of drug-likeness (QED) is 0.751. The first-order valence-electron chi connectivity index (χ1n) is 6.33. The zero-order chi connectivity index (χ0) is 13.1. The Morgan fingerprint density at radius 1 is 1.21 bits per heavy atom. The maximum absolute atomic E-state index is 4.55. The molecule has 0 atom stereocenters. The first kappa shape index (κ1) is 13.7. The molecule has 1 aliphatic heterocycles. The molecule has 1 fully saturated rings. The number of fused-ring (bicyclic) bond motifs is 1. The normalized spacial score (nSPS) is 17.5. The third-order valence-corrected chi connectivity index (χ3v) is 6.03. The zero-order valence-electron chi connectivity index (χ0n) is 10.5. The lowest BCUT2D eigenvalue weighted by atomic mass is 10.1. The van der Waals surface area contributed by atoms with Crippen LogP contribution in [0.3, 0.4) is 0 Å². The van der Waals surface area contributed by atoms with Crippen LogP contribution in [-0.2, 0) is 6.54 Å². The molecule has 0 aliphatic carbocycles. The molecule has 1 aliphatic rings. The van der Waals surface area contributed by atoms with Crippen LogP contribution in [0.1, 0.15) is 5.56 Å². The summed E-state index contributed by atoms with van der Waals surface area (Å²) in [4.78, 5) is 7.08. The van der Waals surface area contributed by atoms with Gasteiger partial charge in [0, 0.05) is 47.2 Å². The van der Waals surface area contributed by atoms with Crippen molar-refractivity contribution in [2.45, 2.75) is 6.54 Å². The summed E-state index contributed by atoms with van der Waals surface area (Å²) in [5.41, 5.74) is 2.46. The first-order chi connectivity index (χ1) is 9.33. The fraction of sp³-hybridized carbons (Fsp3) is 0.357. The molecular weight excluding hydrogens is 340 g/mol. The molecule has 0 N–H and O–H groups in total. The summed E-state index contributed by atoms with van der Waals surface area (Å²) in [6.07, 6.45) is 1.88. The van der Waals surface area contributed by atoms with E-state index >= 15 is 0 Å². The van der Waals surface area contributed by atoms with Crippen LogP contribution in [0.5, 0.6) is 0 Å². The molecule has 1 aromatic heterocycles. The van der Waals surface area contributed by atoms with Crippen LogP contribution < -0.4 is 0 Å². The Balaban J connectivity index is 1.90. The van der Waals surface area contributed by atoms with Crippen molar-refractivity contribution in [2.75, 3.05) is 24.6 Å². The SMILES string of the molecule is Brc1cc(CN2CCSSCC2)c2ncccc2c1. The summed E-state index contributed by atoms with van der Waals surface area (Å²) in [6.45, 7) is 3.32. The van der Waals surface area contributed by atoms with E-state index in [1.54, 1.807) is 0 Å². The van der Waals surface area contributed by atoms with Gasteiger partial charge in [-0.15, -0.1) is 0 Å². The van der Waals surface area contributed by atoms with Crippen LogP contribution in [-0.4, -0.2) is 34.5 Å². The number of nitrogens with zero attached hydrogens (tertiary/aromatic N) is 2. The van der Waals surface area contributed by atoms with Gasteiger partial charge in [0.15, 0.2) is 0 Å². The summed E-state index contributed by atoms with van der Waals surface area (Å²) < 4.78 is 1.14. The average molecular weight is 355 g/mol. The van der Waals surface area contributed by atoms with Crippen molar-refractivity contribution in [1.82, 2.24) is 9.88 Å². The highest BCUT2D eigenvalue weighted by Crippen LogP contribution is 2.27. The van der Waals surface area contributed by atoms with Crippen LogP contribution in [0.25, 0.3) is 10.9 Å². The van der Waals surface area contributed by atoms with Crippen molar-refractivity contribution in [1.29, 1.82) is 0 Å². The number of benzene rings is 1. The number of aromatic nitrogens is 1. The molecular formula is C14H15BrN2S2. The van der Waals surface area contributed by atoms with Crippen LogP contribution in [0.4, 0.5) is 0 Å². The lowest BCUT2D eigenvalue weighted by molar-refractivity contribution is 0.303. The van der Waals surface area contributed by atoms with E-state index in [1.807, 2.05) is 33.9 Å². The topological polar surface area (TPSA) is 16.1 Å². The third-order valence-electron chi connectivity index (χ3n) is 3.21. The Hall–Kier alpha value is -0.230. The molecule has 2 nitrogen and oxygen atoms in total. The van der Waals surface area contributed by atoms with Crippen molar-refractivity contribution < 1.29 is 0 Å². The van der Waals surface area contributed by atoms with Gasteiger partial charge >= 0.3 is 0 Å². The fourth-order valence-electron chi connectivity index (χ4n) is 2.31. The van der Waals surface area contributed by atoms with E-state index in [9.17, 15) is 0 Å². The van der Waals surface area contributed by atoms with Crippen LogP contribution in [0.2, 0.25) is 0 Å². The highest BCUT2D eigenvalue weighted by atomic mass is 79.9. The third kappa shape index (κ3) is 3.45. The monoisotopic (exact) mass is 354 g/mol. The maximum atomic E-state index is 4.55. The molecule has 0 unspecified atom stereocenters. The van der Waals surface area contributed by atoms with Gasteiger partial charge in [-0.3, -0.25) is 9.88 Å². The predicted molar refractivity (Wildman–Crippen MR) is 89.6 cm³/mol. The molecule has 0 amide bonds. The fourth-order valence-corrected chi connectivity index (χ4v) is 4.89. The minimum Gasteiger partial charge on any atom is -0.297 e. The second-order valence-corrected chi connectivity index (χ2v) is 8.18. The van der Waals surface area contributed by atoms with Crippen molar-refractivity contribution in [3.8, 4) is 0 Å². The summed E-state index contributed by atoms with van der Waals surface area (Å²) in [6, 6.07) is 8.48. The van der Waals surface area contributed by atoms with Gasteiger partial charge in [0.2, 0.25) is 0 Å². The summed E-state index contributed by atoms with van der Waals surface area (Å²) in [5.74, 6) is 2.42. The van der Waals surface area contributed by atoms with Gasteiger partial charge in [-0.2, -0.15) is 0 Å². The molecule has 3 rings (SSSR count). The lowest BCUT2D eigenvalue weighted by Crippen LogP contribution is -2.26. The second-order valence-electron chi connectivity index (χ2n) is 4.56. The van der Waals surface area contributed by atoms with E-state index in [2.05, 4.69) is 44.0 Å². The van der Waals surface area contributed by atoms with Crippen molar-refractivity contribution in [3.63, 3.8) is 0 Å². The molecule has 100 valence electrons. The highest BCUT2D eigenvalue weighted by Gasteiger charge is 2.12. The number of halogens is 1. The summed E-state index contributed by atoms with van der Waals surface area (Å²) in [7, 11) is 3.97. The van der Waals surface area contributed by atoms with Gasteiger partial charge in [-0.1, -0.05) is 43.6 Å². The minimum atomic E-state index is 0.994. The van der Waals surface area contributed by atoms with Crippen molar-refractivity contribution in [3.05, 3.63) is 40.5 Å². The lowest BCUT2D eigenvalue weighted by Gasteiger charge is -2.20. The first-order valence-corrected chi connectivity index (χ1v) is 9.61. The highest BCUT2D eigenvalue weighted by molar-refractivity contribution is 9.10. The summed E-state index contributed by atoms with van der Waals surface area (Å²) >= 11 is 3.61. The van der Waals surface area contributed by atoms with Gasteiger partial charge in [0.1, 0.15) is 0 Å². The second kappa shape index (κ2) is 6.48. The van der Waals surface area contributed by atoms with Gasteiger partial charge in [-0.05, 0) is 23.8 Å². The number of hydrogen-bond donors (Lipinski definition) is 0. The molecule has 19 heavy (non-hydrogen) atoms. The number of pyridine rings is 1. The molecule has 5 heteroatoms. The van der Waals surface area contributed by atoms with Gasteiger partial charge in [0.05, 0.1) is 5.52 Å². The zero-order valence-corrected chi connectivity index (χ0v) is 13.7. The summed E-state index contributed by atoms with van der Waals surface area (Å²) in [5, 5.41) is 1.21. The molecule has 1 saturated heterocycles. The van der Waals surface area contributed by atoms with E-state index in [-0.39, 0.29) is 0 Å². The smallest absolute Gasteiger partial charge is 0.0747 e. The van der Waals surface area contributed by atoms with E-state index in [4.69, 9.17) is 0 Å². The average Bonchev–Trinajstić information content (AvgIpc) is 2.67. The molecule has 0 spiro atoms. The van der Waals surface area contributed by atoms with E-state index in [0.717, 1.165) is 16.5 Å². The van der Waals surface area contributed by atoms with E-state index in [0.29, 0.717) is 0 Å².